The molecule has 0 aliphatic rings. The molecule has 0 bridgehead atoms. The molecule has 1 aromatic heterocycles. The van der Waals surface area contributed by atoms with Gasteiger partial charge in [-0.05, 0) is 35.9 Å². The lowest BCUT2D eigenvalue weighted by Gasteiger charge is -2.08. The minimum atomic E-state index is -0.617. The molecule has 9 heteroatoms. The molecule has 144 valence electrons. The van der Waals surface area contributed by atoms with Gasteiger partial charge in [0.2, 0.25) is 0 Å². The smallest absolute Gasteiger partial charge is 0.267 e. The quantitative estimate of drug-likeness (QED) is 0.593. The lowest BCUT2D eigenvalue weighted by atomic mass is 10.2. The van der Waals surface area contributed by atoms with Gasteiger partial charge >= 0.3 is 0 Å². The highest BCUT2D eigenvalue weighted by Gasteiger charge is 2.19. The molecule has 0 fully saturated rings. The van der Waals surface area contributed by atoms with Gasteiger partial charge in [-0.15, -0.1) is 0 Å². The Balaban J connectivity index is 2.11. The number of aryl methyl sites for hydroxylation is 1. The number of rotatable bonds is 5. The van der Waals surface area contributed by atoms with Crippen LogP contribution in [-0.4, -0.2) is 31.6 Å². The molecule has 0 aliphatic heterocycles. The van der Waals surface area contributed by atoms with E-state index in [1.54, 1.807) is 48.5 Å². The topological polar surface area (TPSA) is 82.1 Å². The van der Waals surface area contributed by atoms with E-state index in [1.165, 1.54) is 4.80 Å². The van der Waals surface area contributed by atoms with Crippen LogP contribution in [0.4, 0.5) is 0 Å². The van der Waals surface area contributed by atoms with Gasteiger partial charge in [-0.3, -0.25) is 9.59 Å². The van der Waals surface area contributed by atoms with Gasteiger partial charge in [-0.25, -0.2) is 0 Å². The fraction of sp³-hybridized carbons (Fsp3) is 0.211. The van der Waals surface area contributed by atoms with Gasteiger partial charge in [0.05, 0.1) is 27.7 Å². The Kier molecular flexibility index (Phi) is 6.38. The van der Waals surface area contributed by atoms with Gasteiger partial charge in [0.15, 0.2) is 0 Å². The Labute approximate surface area is 171 Å². The first-order chi connectivity index (χ1) is 13.5. The molecule has 0 atom stereocenters. The van der Waals surface area contributed by atoms with E-state index in [0.717, 1.165) is 17.5 Å². The van der Waals surface area contributed by atoms with Crippen LogP contribution in [0.15, 0.2) is 53.5 Å². The van der Waals surface area contributed by atoms with Crippen LogP contribution in [0.25, 0.3) is 0 Å². The van der Waals surface area contributed by atoms with Crippen molar-refractivity contribution in [3.05, 3.63) is 75.3 Å². The minimum Gasteiger partial charge on any atom is -0.267 e. The van der Waals surface area contributed by atoms with Crippen molar-refractivity contribution < 1.29 is 9.59 Å². The molecule has 0 spiro atoms. The number of unbranched alkanes of at least 4 members (excludes halogenated alkanes) is 1. The molecule has 0 N–H and O–H groups in total. The van der Waals surface area contributed by atoms with Crippen LogP contribution in [0.5, 0.6) is 0 Å². The third-order valence-corrected chi connectivity index (χ3v) is 4.63. The molecule has 3 rings (SSSR count). The maximum absolute atomic E-state index is 13.1. The van der Waals surface area contributed by atoms with Crippen molar-refractivity contribution in [3.8, 4) is 0 Å². The molecule has 0 saturated carbocycles. The zero-order valence-corrected chi connectivity index (χ0v) is 16.6. The van der Waals surface area contributed by atoms with Gasteiger partial charge < -0.3 is 0 Å². The van der Waals surface area contributed by atoms with E-state index >= 15 is 0 Å². The third kappa shape index (κ3) is 4.21. The molecule has 0 unspecified atom stereocenters. The van der Waals surface area contributed by atoms with Crippen LogP contribution in [0, 0.1) is 0 Å². The van der Waals surface area contributed by atoms with E-state index in [1.807, 2.05) is 6.92 Å². The fourth-order valence-corrected chi connectivity index (χ4v) is 2.95. The number of tetrazole rings is 1. The number of benzene rings is 2. The highest BCUT2D eigenvalue weighted by molar-refractivity contribution is 6.34. The SMILES string of the molecule is CCCCn1nnc(=NC(=O)c2ccccc2Cl)n1C(=O)c1ccccc1Cl. The summed E-state index contributed by atoms with van der Waals surface area (Å²) >= 11 is 12.2. The molecule has 2 aromatic carbocycles. The first kappa shape index (κ1) is 20.0. The van der Waals surface area contributed by atoms with Gasteiger partial charge in [-0.2, -0.15) is 14.5 Å². The molecule has 28 heavy (non-hydrogen) atoms. The van der Waals surface area contributed by atoms with Crippen LogP contribution in [-0.2, 0) is 6.54 Å². The number of hydrogen-bond acceptors (Lipinski definition) is 4. The first-order valence-electron chi connectivity index (χ1n) is 8.68. The molecule has 3 aromatic rings. The van der Waals surface area contributed by atoms with Gasteiger partial charge in [-0.1, -0.05) is 65.9 Å². The predicted octanol–water partition coefficient (Wildman–Crippen LogP) is 3.62. The number of nitrogens with zero attached hydrogens (tertiary/aromatic N) is 5. The van der Waals surface area contributed by atoms with Crippen LogP contribution in [0.2, 0.25) is 10.0 Å². The van der Waals surface area contributed by atoms with Crippen LogP contribution in [0.3, 0.4) is 0 Å². The molecule has 1 heterocycles. The number of hydrogen-bond donors (Lipinski definition) is 0. The van der Waals surface area contributed by atoms with E-state index < -0.39 is 11.8 Å². The monoisotopic (exact) mass is 417 g/mol. The van der Waals surface area contributed by atoms with E-state index in [2.05, 4.69) is 15.3 Å². The van der Waals surface area contributed by atoms with E-state index in [9.17, 15) is 9.59 Å². The second-order valence-corrected chi connectivity index (χ2v) is 6.75. The lowest BCUT2D eigenvalue weighted by Crippen LogP contribution is -2.33. The van der Waals surface area contributed by atoms with Crippen LogP contribution in [0.1, 0.15) is 40.5 Å². The molecular formula is C19H17Cl2N5O2. The van der Waals surface area contributed by atoms with Crippen molar-refractivity contribution in [2.24, 2.45) is 4.99 Å². The van der Waals surface area contributed by atoms with Crippen LogP contribution < -0.4 is 5.62 Å². The van der Waals surface area contributed by atoms with Crippen molar-refractivity contribution in [3.63, 3.8) is 0 Å². The van der Waals surface area contributed by atoms with Crippen molar-refractivity contribution >= 4 is 35.0 Å². The average molecular weight is 418 g/mol. The number of halogens is 2. The summed E-state index contributed by atoms with van der Waals surface area (Å²) in [6.45, 7) is 2.46. The summed E-state index contributed by atoms with van der Waals surface area (Å²) in [6, 6.07) is 13.2. The highest BCUT2D eigenvalue weighted by Crippen LogP contribution is 2.17. The first-order valence-corrected chi connectivity index (χ1v) is 9.44. The second kappa shape index (κ2) is 8.95. The molecule has 0 saturated heterocycles. The summed E-state index contributed by atoms with van der Waals surface area (Å²) in [5.41, 5.74) is 0.339. The van der Waals surface area contributed by atoms with E-state index in [0.29, 0.717) is 6.54 Å². The van der Waals surface area contributed by atoms with Crippen molar-refractivity contribution in [2.45, 2.75) is 26.3 Å². The Morgan fingerprint density at radius 1 is 1.00 bits per heavy atom. The molecular weight excluding hydrogens is 401 g/mol. The number of carbonyl (C=O) groups excluding carboxylic acids is 2. The predicted molar refractivity (Wildman–Crippen MR) is 105 cm³/mol. The lowest BCUT2D eigenvalue weighted by molar-refractivity contribution is 0.0913. The summed E-state index contributed by atoms with van der Waals surface area (Å²) in [5, 5.41) is 8.45. The third-order valence-electron chi connectivity index (χ3n) is 3.97. The summed E-state index contributed by atoms with van der Waals surface area (Å²) in [4.78, 5) is 31.0. The number of aromatic nitrogens is 4. The van der Waals surface area contributed by atoms with Crippen molar-refractivity contribution in [1.82, 2.24) is 19.8 Å². The minimum absolute atomic E-state index is 0.133. The zero-order valence-electron chi connectivity index (χ0n) is 15.0. The Bertz CT molecular complexity index is 1090. The van der Waals surface area contributed by atoms with Gasteiger partial charge in [0, 0.05) is 0 Å². The Morgan fingerprint density at radius 2 is 1.61 bits per heavy atom. The normalized spacial score (nSPS) is 11.6. The summed E-state index contributed by atoms with van der Waals surface area (Å²) < 4.78 is 1.16. The molecule has 1 amide bonds. The molecule has 7 nitrogen and oxygen atoms in total. The number of amides is 1. The second-order valence-electron chi connectivity index (χ2n) is 5.93. The maximum Gasteiger partial charge on any atom is 0.282 e. The van der Waals surface area contributed by atoms with Crippen molar-refractivity contribution in [2.75, 3.05) is 0 Å². The van der Waals surface area contributed by atoms with Crippen LogP contribution >= 0.6 is 23.2 Å². The average Bonchev–Trinajstić information content (AvgIpc) is 3.08. The Morgan fingerprint density at radius 3 is 2.21 bits per heavy atom. The van der Waals surface area contributed by atoms with Gasteiger partial charge in [0.25, 0.3) is 17.4 Å². The number of carbonyl (C=O) groups is 2. The standard InChI is InChI=1S/C19H17Cl2N5O2/c1-2-3-12-25-24-23-19(22-17(27)13-8-4-6-10-15(13)20)26(25)18(28)14-9-5-7-11-16(14)21/h4-11H,2-3,12H2,1H3. The summed E-state index contributed by atoms with van der Waals surface area (Å²) in [7, 11) is 0. The largest absolute Gasteiger partial charge is 0.282 e. The van der Waals surface area contributed by atoms with Crippen molar-refractivity contribution in [1.29, 1.82) is 0 Å². The molecule has 0 radical (unpaired) electrons. The highest BCUT2D eigenvalue weighted by atomic mass is 35.5. The summed E-state index contributed by atoms with van der Waals surface area (Å²) in [6.07, 6.45) is 1.67. The Hall–Kier alpha value is -2.77. The van der Waals surface area contributed by atoms with Gasteiger partial charge in [0.1, 0.15) is 0 Å². The van der Waals surface area contributed by atoms with E-state index in [-0.39, 0.29) is 26.8 Å². The molecule has 0 aliphatic carbocycles. The fourth-order valence-electron chi connectivity index (χ4n) is 2.52. The summed E-state index contributed by atoms with van der Waals surface area (Å²) in [5.74, 6) is -1.09. The zero-order chi connectivity index (χ0) is 20.1. The maximum atomic E-state index is 13.1. The van der Waals surface area contributed by atoms with E-state index in [4.69, 9.17) is 23.2 Å².